The Labute approximate surface area is 131 Å². The first-order valence-corrected chi connectivity index (χ1v) is 7.75. The topological polar surface area (TPSA) is 36.4 Å². The molecule has 0 spiro atoms. The van der Waals surface area contributed by atoms with Crippen molar-refractivity contribution in [1.29, 1.82) is 0 Å². The first-order chi connectivity index (χ1) is 10.7. The van der Waals surface area contributed by atoms with Crippen LogP contribution in [0.25, 0.3) is 0 Å². The summed E-state index contributed by atoms with van der Waals surface area (Å²) in [5.74, 6) is 0.136. The summed E-state index contributed by atoms with van der Waals surface area (Å²) in [4.78, 5) is 21.0. The number of pyridine rings is 1. The van der Waals surface area contributed by atoms with Gasteiger partial charge in [-0.05, 0) is 37.6 Å². The lowest BCUT2D eigenvalue weighted by Gasteiger charge is -2.23. The minimum Gasteiger partial charge on any atom is -0.370 e. The molecular formula is C18H21N3O. The molecule has 4 nitrogen and oxygen atoms in total. The zero-order chi connectivity index (χ0) is 15.4. The van der Waals surface area contributed by atoms with Crippen molar-refractivity contribution >= 4 is 11.6 Å². The quantitative estimate of drug-likeness (QED) is 0.855. The van der Waals surface area contributed by atoms with Gasteiger partial charge in [-0.3, -0.25) is 9.78 Å². The van der Waals surface area contributed by atoms with Crippen molar-refractivity contribution in [3.63, 3.8) is 0 Å². The van der Waals surface area contributed by atoms with E-state index in [1.165, 1.54) is 11.3 Å². The molecule has 1 aromatic carbocycles. The molecule has 1 saturated heterocycles. The smallest absolute Gasteiger partial charge is 0.253 e. The van der Waals surface area contributed by atoms with Gasteiger partial charge in [0.05, 0.1) is 0 Å². The molecule has 0 N–H and O–H groups in total. The minimum atomic E-state index is 0.136. The lowest BCUT2D eigenvalue weighted by molar-refractivity contribution is 0.0767. The Morgan fingerprint density at radius 2 is 1.68 bits per heavy atom. The molecule has 0 aliphatic carbocycles. The lowest BCUT2D eigenvalue weighted by Crippen LogP contribution is -2.35. The zero-order valence-electron chi connectivity index (χ0n) is 12.9. The third-order valence-electron chi connectivity index (χ3n) is 4.11. The summed E-state index contributed by atoms with van der Waals surface area (Å²) in [6, 6.07) is 11.9. The van der Waals surface area contributed by atoms with Gasteiger partial charge in [-0.1, -0.05) is 17.7 Å². The van der Waals surface area contributed by atoms with E-state index in [9.17, 15) is 4.79 Å². The highest BCUT2D eigenvalue weighted by Crippen LogP contribution is 2.16. The number of aromatic nitrogens is 1. The van der Waals surface area contributed by atoms with Crippen LogP contribution in [0.4, 0.5) is 5.69 Å². The van der Waals surface area contributed by atoms with Crippen LogP contribution in [0, 0.1) is 6.92 Å². The van der Waals surface area contributed by atoms with E-state index in [-0.39, 0.29) is 5.91 Å². The number of hydrogen-bond acceptors (Lipinski definition) is 3. The van der Waals surface area contributed by atoms with Crippen molar-refractivity contribution in [2.75, 3.05) is 31.1 Å². The van der Waals surface area contributed by atoms with E-state index < -0.39 is 0 Å². The molecule has 2 aromatic rings. The molecule has 2 heterocycles. The summed E-state index contributed by atoms with van der Waals surface area (Å²) < 4.78 is 0. The van der Waals surface area contributed by atoms with Crippen LogP contribution in [0.3, 0.4) is 0 Å². The van der Waals surface area contributed by atoms with Crippen LogP contribution >= 0.6 is 0 Å². The van der Waals surface area contributed by atoms with Crippen LogP contribution in [0.15, 0.2) is 48.8 Å². The molecule has 22 heavy (non-hydrogen) atoms. The highest BCUT2D eigenvalue weighted by molar-refractivity contribution is 5.94. The average Bonchev–Trinajstić information content (AvgIpc) is 2.82. The number of hydrogen-bond donors (Lipinski definition) is 0. The Balaban J connectivity index is 1.67. The highest BCUT2D eigenvalue weighted by atomic mass is 16.2. The van der Waals surface area contributed by atoms with Crippen molar-refractivity contribution < 1.29 is 4.79 Å². The third-order valence-corrected chi connectivity index (χ3v) is 4.11. The maximum atomic E-state index is 12.6. The van der Waals surface area contributed by atoms with E-state index in [0.29, 0.717) is 0 Å². The summed E-state index contributed by atoms with van der Waals surface area (Å²) in [5.41, 5.74) is 3.14. The molecule has 1 aliphatic heterocycles. The lowest BCUT2D eigenvalue weighted by atomic mass is 10.1. The molecule has 1 aliphatic rings. The summed E-state index contributed by atoms with van der Waals surface area (Å²) in [6.07, 6.45) is 4.62. The van der Waals surface area contributed by atoms with Crippen molar-refractivity contribution in [2.24, 2.45) is 0 Å². The molecule has 0 radical (unpaired) electrons. The molecule has 114 valence electrons. The summed E-state index contributed by atoms with van der Waals surface area (Å²) in [7, 11) is 0. The van der Waals surface area contributed by atoms with Crippen molar-refractivity contribution in [3.05, 3.63) is 59.9 Å². The van der Waals surface area contributed by atoms with Crippen molar-refractivity contribution in [3.8, 4) is 0 Å². The van der Waals surface area contributed by atoms with E-state index in [0.717, 1.165) is 38.2 Å². The third kappa shape index (κ3) is 3.27. The molecule has 0 unspecified atom stereocenters. The largest absolute Gasteiger partial charge is 0.370 e. The fourth-order valence-electron chi connectivity index (χ4n) is 2.81. The molecular weight excluding hydrogens is 274 g/mol. The second-order valence-electron chi connectivity index (χ2n) is 5.70. The fourth-order valence-corrected chi connectivity index (χ4v) is 2.81. The van der Waals surface area contributed by atoms with E-state index in [2.05, 4.69) is 9.88 Å². The van der Waals surface area contributed by atoms with Crippen LogP contribution in [0.1, 0.15) is 22.3 Å². The monoisotopic (exact) mass is 295 g/mol. The molecule has 0 bridgehead atoms. The Kier molecular flexibility index (Phi) is 4.37. The van der Waals surface area contributed by atoms with Crippen LogP contribution in [0.2, 0.25) is 0 Å². The normalized spacial score (nSPS) is 15.5. The molecule has 1 fully saturated rings. The van der Waals surface area contributed by atoms with Crippen molar-refractivity contribution in [2.45, 2.75) is 13.3 Å². The summed E-state index contributed by atoms with van der Waals surface area (Å²) in [6.45, 7) is 5.44. The summed E-state index contributed by atoms with van der Waals surface area (Å²) >= 11 is 0. The van der Waals surface area contributed by atoms with E-state index in [1.54, 1.807) is 0 Å². The number of amides is 1. The van der Waals surface area contributed by atoms with Gasteiger partial charge in [-0.25, -0.2) is 0 Å². The van der Waals surface area contributed by atoms with Gasteiger partial charge in [0.2, 0.25) is 0 Å². The Morgan fingerprint density at radius 1 is 0.955 bits per heavy atom. The SMILES string of the molecule is Cc1ccc(C(=O)N2CCCN(c3ccncc3)CC2)cc1. The van der Waals surface area contributed by atoms with Crippen LogP contribution in [0.5, 0.6) is 0 Å². The molecule has 1 aromatic heterocycles. The number of rotatable bonds is 2. The second kappa shape index (κ2) is 6.60. The predicted molar refractivity (Wildman–Crippen MR) is 88.1 cm³/mol. The Bertz CT molecular complexity index is 625. The van der Waals surface area contributed by atoms with Gasteiger partial charge in [0.1, 0.15) is 0 Å². The van der Waals surface area contributed by atoms with Crippen LogP contribution in [-0.4, -0.2) is 42.0 Å². The first kappa shape index (κ1) is 14.6. The van der Waals surface area contributed by atoms with Gasteiger partial charge in [0.15, 0.2) is 0 Å². The molecule has 1 amide bonds. The number of anilines is 1. The van der Waals surface area contributed by atoms with E-state index in [4.69, 9.17) is 0 Å². The maximum Gasteiger partial charge on any atom is 0.253 e. The molecule has 3 rings (SSSR count). The van der Waals surface area contributed by atoms with Gasteiger partial charge >= 0.3 is 0 Å². The Hall–Kier alpha value is -2.36. The maximum absolute atomic E-state index is 12.6. The number of carbonyl (C=O) groups is 1. The van der Waals surface area contributed by atoms with Crippen LogP contribution < -0.4 is 4.90 Å². The first-order valence-electron chi connectivity index (χ1n) is 7.75. The van der Waals surface area contributed by atoms with Crippen LogP contribution in [-0.2, 0) is 0 Å². The Morgan fingerprint density at radius 3 is 2.41 bits per heavy atom. The highest BCUT2D eigenvalue weighted by Gasteiger charge is 2.20. The molecule has 0 saturated carbocycles. The number of benzene rings is 1. The van der Waals surface area contributed by atoms with E-state index in [1.807, 2.05) is 60.6 Å². The molecule has 4 heteroatoms. The van der Waals surface area contributed by atoms with Gasteiger partial charge < -0.3 is 9.80 Å². The predicted octanol–water partition coefficient (Wildman–Crippen LogP) is 2.74. The summed E-state index contributed by atoms with van der Waals surface area (Å²) in [5, 5.41) is 0. The van der Waals surface area contributed by atoms with Gasteiger partial charge in [-0.15, -0.1) is 0 Å². The number of carbonyl (C=O) groups excluding carboxylic acids is 1. The molecule has 0 atom stereocenters. The van der Waals surface area contributed by atoms with Gasteiger partial charge in [0, 0.05) is 49.8 Å². The average molecular weight is 295 g/mol. The van der Waals surface area contributed by atoms with E-state index >= 15 is 0 Å². The fraction of sp³-hybridized carbons (Fsp3) is 0.333. The van der Waals surface area contributed by atoms with Gasteiger partial charge in [-0.2, -0.15) is 0 Å². The minimum absolute atomic E-state index is 0.136. The number of nitrogens with zero attached hydrogens (tertiary/aromatic N) is 3. The van der Waals surface area contributed by atoms with Gasteiger partial charge in [0.25, 0.3) is 5.91 Å². The number of aryl methyl sites for hydroxylation is 1. The zero-order valence-corrected chi connectivity index (χ0v) is 12.9. The van der Waals surface area contributed by atoms with Crippen molar-refractivity contribution in [1.82, 2.24) is 9.88 Å². The standard InChI is InChI=1S/C18H21N3O/c1-15-3-5-16(6-4-15)18(22)21-12-2-11-20(13-14-21)17-7-9-19-10-8-17/h3-10H,2,11-14H2,1H3. The second-order valence-corrected chi connectivity index (χ2v) is 5.70.